The van der Waals surface area contributed by atoms with Crippen molar-refractivity contribution in [2.45, 2.75) is 32.8 Å². The molecule has 15 heavy (non-hydrogen) atoms. The lowest BCUT2D eigenvalue weighted by molar-refractivity contribution is 0.114. The summed E-state index contributed by atoms with van der Waals surface area (Å²) in [4.78, 5) is 0. The molecule has 0 fully saturated rings. The van der Waals surface area contributed by atoms with Gasteiger partial charge in [-0.1, -0.05) is 44.9 Å². The van der Waals surface area contributed by atoms with Gasteiger partial charge in [-0.25, -0.2) is 0 Å². The number of nitrogens with one attached hydrogen (secondary N) is 1. The van der Waals surface area contributed by atoms with Crippen LogP contribution in [0.1, 0.15) is 26.7 Å². The third kappa shape index (κ3) is 3.92. The summed E-state index contributed by atoms with van der Waals surface area (Å²) in [6.45, 7) is 4.89. The van der Waals surface area contributed by atoms with Crippen molar-refractivity contribution in [3.8, 4) is 0 Å². The Balaban J connectivity index is 2.36. The molecule has 0 heterocycles. The van der Waals surface area contributed by atoms with E-state index < -0.39 is 0 Å². The van der Waals surface area contributed by atoms with Crippen molar-refractivity contribution in [3.63, 3.8) is 0 Å². The fourth-order valence-electron chi connectivity index (χ4n) is 1.78. The summed E-state index contributed by atoms with van der Waals surface area (Å²) in [5.41, 5.74) is 1.07. The maximum atomic E-state index is 9.91. The Hall–Kier alpha value is -1.02. The number of para-hydroxylation sites is 1. The quantitative estimate of drug-likeness (QED) is 0.751. The average Bonchev–Trinajstić information content (AvgIpc) is 2.29. The van der Waals surface area contributed by atoms with Gasteiger partial charge >= 0.3 is 0 Å². The van der Waals surface area contributed by atoms with E-state index in [-0.39, 0.29) is 6.10 Å². The Morgan fingerprint density at radius 2 is 1.73 bits per heavy atom. The van der Waals surface area contributed by atoms with E-state index in [2.05, 4.69) is 19.2 Å². The minimum Gasteiger partial charge on any atom is -0.391 e. The molecule has 2 nitrogen and oxygen atoms in total. The molecule has 2 N–H and O–H groups in total. The van der Waals surface area contributed by atoms with Crippen LogP contribution in [0.2, 0.25) is 0 Å². The Labute approximate surface area is 92.3 Å². The zero-order chi connectivity index (χ0) is 11.1. The van der Waals surface area contributed by atoms with Crippen molar-refractivity contribution < 1.29 is 5.11 Å². The van der Waals surface area contributed by atoms with E-state index in [0.29, 0.717) is 12.5 Å². The molecule has 1 unspecified atom stereocenters. The predicted octanol–water partition coefficient (Wildman–Crippen LogP) is 2.90. The Bertz CT molecular complexity index is 256. The van der Waals surface area contributed by atoms with E-state index in [1.165, 1.54) is 0 Å². The Morgan fingerprint density at radius 3 is 2.27 bits per heavy atom. The summed E-state index contributed by atoms with van der Waals surface area (Å²) in [6.07, 6.45) is 1.82. The molecule has 2 heteroatoms. The highest BCUT2D eigenvalue weighted by Crippen LogP contribution is 2.14. The summed E-state index contributed by atoms with van der Waals surface area (Å²) in [5.74, 6) is 0.404. The zero-order valence-corrected chi connectivity index (χ0v) is 9.61. The molecule has 1 aromatic rings. The van der Waals surface area contributed by atoms with Crippen LogP contribution in [0.4, 0.5) is 5.69 Å². The molecule has 1 rings (SSSR count). The van der Waals surface area contributed by atoms with Crippen LogP contribution < -0.4 is 5.32 Å². The molecule has 0 saturated heterocycles. The van der Waals surface area contributed by atoms with E-state index in [9.17, 15) is 5.11 Å². The van der Waals surface area contributed by atoms with Gasteiger partial charge in [0.2, 0.25) is 0 Å². The van der Waals surface area contributed by atoms with Crippen LogP contribution in [-0.2, 0) is 0 Å². The number of aliphatic hydroxyl groups excluding tert-OH is 1. The monoisotopic (exact) mass is 207 g/mol. The summed E-state index contributed by atoms with van der Waals surface area (Å²) in [7, 11) is 0. The second-order valence-corrected chi connectivity index (χ2v) is 3.89. The van der Waals surface area contributed by atoms with E-state index in [1.54, 1.807) is 0 Å². The van der Waals surface area contributed by atoms with Crippen LogP contribution in [0, 0.1) is 5.92 Å². The highest BCUT2D eigenvalue weighted by atomic mass is 16.3. The molecule has 1 atom stereocenters. The molecule has 0 aliphatic rings. The van der Waals surface area contributed by atoms with Crippen molar-refractivity contribution in [1.82, 2.24) is 0 Å². The summed E-state index contributed by atoms with van der Waals surface area (Å²) < 4.78 is 0. The molecular formula is C13H21NO. The smallest absolute Gasteiger partial charge is 0.0740 e. The van der Waals surface area contributed by atoms with Crippen LogP contribution >= 0.6 is 0 Å². The van der Waals surface area contributed by atoms with Gasteiger partial charge in [-0.2, -0.15) is 0 Å². The van der Waals surface area contributed by atoms with Crippen molar-refractivity contribution in [2.24, 2.45) is 5.92 Å². The minimum atomic E-state index is -0.250. The molecule has 0 bridgehead atoms. The van der Waals surface area contributed by atoms with E-state index in [4.69, 9.17) is 0 Å². The van der Waals surface area contributed by atoms with Crippen LogP contribution in [0.3, 0.4) is 0 Å². The number of hydrogen-bond acceptors (Lipinski definition) is 2. The average molecular weight is 207 g/mol. The second kappa shape index (κ2) is 6.46. The van der Waals surface area contributed by atoms with Gasteiger partial charge in [0.15, 0.2) is 0 Å². The molecule has 0 aliphatic heterocycles. The van der Waals surface area contributed by atoms with Crippen LogP contribution in [0.5, 0.6) is 0 Å². The van der Waals surface area contributed by atoms with Gasteiger partial charge in [0.25, 0.3) is 0 Å². The minimum absolute atomic E-state index is 0.250. The molecular weight excluding hydrogens is 186 g/mol. The third-order valence-electron chi connectivity index (χ3n) is 2.88. The maximum Gasteiger partial charge on any atom is 0.0740 e. The third-order valence-corrected chi connectivity index (χ3v) is 2.88. The fourth-order valence-corrected chi connectivity index (χ4v) is 1.78. The molecule has 84 valence electrons. The van der Waals surface area contributed by atoms with Gasteiger partial charge in [0.05, 0.1) is 6.10 Å². The topological polar surface area (TPSA) is 32.3 Å². The first-order valence-electron chi connectivity index (χ1n) is 5.74. The van der Waals surface area contributed by atoms with Crippen molar-refractivity contribution in [3.05, 3.63) is 30.3 Å². The van der Waals surface area contributed by atoms with Crippen molar-refractivity contribution in [2.75, 3.05) is 11.9 Å². The van der Waals surface area contributed by atoms with Gasteiger partial charge in [-0.3, -0.25) is 0 Å². The lowest BCUT2D eigenvalue weighted by Gasteiger charge is -2.20. The first-order chi connectivity index (χ1) is 7.27. The summed E-state index contributed by atoms with van der Waals surface area (Å²) >= 11 is 0. The Morgan fingerprint density at radius 1 is 1.13 bits per heavy atom. The highest BCUT2D eigenvalue weighted by Gasteiger charge is 2.14. The molecule has 0 aromatic heterocycles. The maximum absolute atomic E-state index is 9.91. The lowest BCUT2D eigenvalue weighted by Crippen LogP contribution is -2.27. The predicted molar refractivity (Wildman–Crippen MR) is 65.0 cm³/mol. The van der Waals surface area contributed by atoms with Gasteiger partial charge < -0.3 is 10.4 Å². The standard InChI is InChI=1S/C13H21NO/c1-3-11(4-2)13(15)10-14-12-8-6-5-7-9-12/h5-9,11,13-15H,3-4,10H2,1-2H3. The molecule has 0 spiro atoms. The first kappa shape index (κ1) is 12.1. The van der Waals surface area contributed by atoms with E-state index in [0.717, 1.165) is 18.5 Å². The normalized spacial score (nSPS) is 12.8. The van der Waals surface area contributed by atoms with E-state index in [1.807, 2.05) is 30.3 Å². The second-order valence-electron chi connectivity index (χ2n) is 3.89. The van der Waals surface area contributed by atoms with Gasteiger partial charge in [-0.05, 0) is 18.1 Å². The Kier molecular flexibility index (Phi) is 5.19. The van der Waals surface area contributed by atoms with E-state index >= 15 is 0 Å². The van der Waals surface area contributed by atoms with Crippen LogP contribution in [-0.4, -0.2) is 17.8 Å². The first-order valence-corrected chi connectivity index (χ1v) is 5.74. The molecule has 0 aliphatic carbocycles. The molecule has 1 aromatic carbocycles. The number of rotatable bonds is 6. The number of benzene rings is 1. The SMILES string of the molecule is CCC(CC)C(O)CNc1ccccc1. The van der Waals surface area contributed by atoms with Crippen molar-refractivity contribution >= 4 is 5.69 Å². The molecule has 0 radical (unpaired) electrons. The fraction of sp³-hybridized carbons (Fsp3) is 0.538. The van der Waals surface area contributed by atoms with Gasteiger partial charge in [-0.15, -0.1) is 0 Å². The van der Waals surface area contributed by atoms with Crippen molar-refractivity contribution in [1.29, 1.82) is 0 Å². The number of hydrogen-bond donors (Lipinski definition) is 2. The molecule has 0 saturated carbocycles. The largest absolute Gasteiger partial charge is 0.391 e. The lowest BCUT2D eigenvalue weighted by atomic mass is 9.96. The molecule has 0 amide bonds. The number of aliphatic hydroxyl groups is 1. The zero-order valence-electron chi connectivity index (χ0n) is 9.61. The van der Waals surface area contributed by atoms with Gasteiger partial charge in [0, 0.05) is 12.2 Å². The number of anilines is 1. The summed E-state index contributed by atoms with van der Waals surface area (Å²) in [6, 6.07) is 10.00. The van der Waals surface area contributed by atoms with Crippen LogP contribution in [0.15, 0.2) is 30.3 Å². The van der Waals surface area contributed by atoms with Gasteiger partial charge in [0.1, 0.15) is 0 Å². The van der Waals surface area contributed by atoms with Crippen LogP contribution in [0.25, 0.3) is 0 Å². The highest BCUT2D eigenvalue weighted by molar-refractivity contribution is 5.42. The summed E-state index contributed by atoms with van der Waals surface area (Å²) in [5, 5.41) is 13.2.